The van der Waals surface area contributed by atoms with Crippen molar-refractivity contribution in [1.82, 2.24) is 9.97 Å². The maximum absolute atomic E-state index is 13.3. The molecule has 138 valence electrons. The van der Waals surface area contributed by atoms with Crippen molar-refractivity contribution in [3.63, 3.8) is 0 Å². The van der Waals surface area contributed by atoms with Gasteiger partial charge in [0.05, 0.1) is 17.0 Å². The highest BCUT2D eigenvalue weighted by atomic mass is 32.2. The van der Waals surface area contributed by atoms with Crippen LogP contribution in [0.1, 0.15) is 5.82 Å². The van der Waals surface area contributed by atoms with Crippen molar-refractivity contribution in [2.24, 2.45) is 5.73 Å². The number of benzene rings is 2. The molecule has 0 saturated heterocycles. The normalized spacial score (nSPS) is 11.3. The number of nitrogens with two attached hydrogens (primary N) is 1. The Morgan fingerprint density at radius 3 is 2.19 bits per heavy atom. The lowest BCUT2D eigenvalue weighted by molar-refractivity contribution is -0.117. The van der Waals surface area contributed by atoms with Crippen LogP contribution in [0.4, 0.5) is 4.39 Å². The molecule has 1 aromatic heterocycles. The van der Waals surface area contributed by atoms with E-state index in [0.29, 0.717) is 22.4 Å². The van der Waals surface area contributed by atoms with Crippen LogP contribution in [0.5, 0.6) is 0 Å². The van der Waals surface area contributed by atoms with Gasteiger partial charge in [-0.1, -0.05) is 12.1 Å². The SMILES string of the molecule is CS(=O)(=O)c1ccc(-c2cnc(CC(N)=O)nc2-c2ccc(F)cc2)cc1. The van der Waals surface area contributed by atoms with Gasteiger partial charge in [0, 0.05) is 23.6 Å². The molecule has 0 radical (unpaired) electrons. The summed E-state index contributed by atoms with van der Waals surface area (Å²) in [6.07, 6.45) is 2.55. The summed E-state index contributed by atoms with van der Waals surface area (Å²) in [7, 11) is -3.31. The Morgan fingerprint density at radius 1 is 1.04 bits per heavy atom. The van der Waals surface area contributed by atoms with E-state index in [1.54, 1.807) is 30.5 Å². The van der Waals surface area contributed by atoms with Gasteiger partial charge in [-0.15, -0.1) is 0 Å². The van der Waals surface area contributed by atoms with Gasteiger partial charge in [0.15, 0.2) is 9.84 Å². The zero-order chi connectivity index (χ0) is 19.6. The first-order chi connectivity index (χ1) is 12.7. The number of amides is 1. The van der Waals surface area contributed by atoms with Gasteiger partial charge in [-0.25, -0.2) is 22.8 Å². The predicted octanol–water partition coefficient (Wildman–Crippen LogP) is 2.38. The van der Waals surface area contributed by atoms with E-state index in [2.05, 4.69) is 9.97 Å². The van der Waals surface area contributed by atoms with Crippen molar-refractivity contribution in [2.45, 2.75) is 11.3 Å². The fourth-order valence-corrected chi connectivity index (χ4v) is 3.21. The first kappa shape index (κ1) is 18.7. The van der Waals surface area contributed by atoms with Crippen molar-refractivity contribution >= 4 is 15.7 Å². The largest absolute Gasteiger partial charge is 0.369 e. The third kappa shape index (κ3) is 4.35. The Labute approximate surface area is 155 Å². The fraction of sp³-hybridized carbons (Fsp3) is 0.105. The molecule has 3 rings (SSSR count). The van der Waals surface area contributed by atoms with E-state index in [9.17, 15) is 17.6 Å². The van der Waals surface area contributed by atoms with Gasteiger partial charge >= 0.3 is 0 Å². The van der Waals surface area contributed by atoms with Crippen molar-refractivity contribution < 1.29 is 17.6 Å². The van der Waals surface area contributed by atoms with Crippen LogP contribution in [0.3, 0.4) is 0 Å². The van der Waals surface area contributed by atoms with Gasteiger partial charge in [0.25, 0.3) is 0 Å². The molecule has 0 aliphatic heterocycles. The summed E-state index contributed by atoms with van der Waals surface area (Å²) in [4.78, 5) is 20.0. The lowest BCUT2D eigenvalue weighted by Gasteiger charge is -2.11. The standard InChI is InChI=1S/C19H16FN3O3S/c1-27(25,26)15-8-4-12(5-9-15)16-11-22-18(10-17(21)24)23-19(16)13-2-6-14(20)7-3-13/h2-9,11H,10H2,1H3,(H2,21,24). The van der Waals surface area contributed by atoms with Gasteiger partial charge < -0.3 is 5.73 Å². The Bertz CT molecular complexity index is 1100. The smallest absolute Gasteiger partial charge is 0.225 e. The van der Waals surface area contributed by atoms with E-state index in [1.807, 2.05) is 0 Å². The summed E-state index contributed by atoms with van der Waals surface area (Å²) in [5.41, 5.74) is 7.65. The molecule has 0 aliphatic carbocycles. The van der Waals surface area contributed by atoms with Crippen LogP contribution in [0, 0.1) is 5.82 Å². The molecule has 0 aliphatic rings. The first-order valence-electron chi connectivity index (χ1n) is 7.95. The second kappa shape index (κ2) is 7.24. The van der Waals surface area contributed by atoms with Crippen molar-refractivity contribution in [2.75, 3.05) is 6.26 Å². The van der Waals surface area contributed by atoms with Crippen LogP contribution in [0.25, 0.3) is 22.4 Å². The monoisotopic (exact) mass is 385 g/mol. The number of halogens is 1. The maximum atomic E-state index is 13.3. The van der Waals surface area contributed by atoms with Crippen LogP contribution < -0.4 is 5.73 Å². The fourth-order valence-electron chi connectivity index (χ4n) is 2.58. The summed E-state index contributed by atoms with van der Waals surface area (Å²) < 4.78 is 36.6. The molecule has 27 heavy (non-hydrogen) atoms. The number of primary amides is 1. The van der Waals surface area contributed by atoms with Crippen LogP contribution in [0.2, 0.25) is 0 Å². The summed E-state index contributed by atoms with van der Waals surface area (Å²) in [5.74, 6) is -0.701. The van der Waals surface area contributed by atoms with Crippen LogP contribution in [-0.4, -0.2) is 30.5 Å². The number of carbonyl (C=O) groups is 1. The minimum Gasteiger partial charge on any atom is -0.369 e. The van der Waals surface area contributed by atoms with E-state index in [0.717, 1.165) is 6.26 Å². The summed E-state index contributed by atoms with van der Waals surface area (Å²) in [5, 5.41) is 0. The maximum Gasteiger partial charge on any atom is 0.225 e. The van der Waals surface area contributed by atoms with Gasteiger partial charge in [-0.05, 0) is 42.0 Å². The molecule has 0 bridgehead atoms. The van der Waals surface area contributed by atoms with E-state index in [4.69, 9.17) is 5.73 Å². The number of sulfone groups is 1. The number of nitrogens with zero attached hydrogens (tertiary/aromatic N) is 2. The highest BCUT2D eigenvalue weighted by Crippen LogP contribution is 2.31. The molecule has 0 unspecified atom stereocenters. The number of hydrogen-bond acceptors (Lipinski definition) is 5. The second-order valence-electron chi connectivity index (χ2n) is 6.00. The number of hydrogen-bond donors (Lipinski definition) is 1. The molecule has 1 amide bonds. The lowest BCUT2D eigenvalue weighted by atomic mass is 10.0. The molecule has 0 spiro atoms. The van der Waals surface area contributed by atoms with Gasteiger partial charge in [-0.3, -0.25) is 4.79 Å². The minimum atomic E-state index is -3.31. The molecule has 6 nitrogen and oxygen atoms in total. The zero-order valence-electron chi connectivity index (χ0n) is 14.4. The molecule has 8 heteroatoms. The van der Waals surface area contributed by atoms with E-state index in [1.165, 1.54) is 24.3 Å². The average molecular weight is 385 g/mol. The lowest BCUT2D eigenvalue weighted by Crippen LogP contribution is -2.16. The Kier molecular flexibility index (Phi) is 5.00. The summed E-state index contributed by atoms with van der Waals surface area (Å²) in [6, 6.07) is 12.0. The predicted molar refractivity (Wildman–Crippen MR) is 98.9 cm³/mol. The van der Waals surface area contributed by atoms with Crippen molar-refractivity contribution in [1.29, 1.82) is 0 Å². The van der Waals surface area contributed by atoms with E-state index >= 15 is 0 Å². The number of rotatable bonds is 5. The molecule has 0 saturated carbocycles. The topological polar surface area (TPSA) is 103 Å². The quantitative estimate of drug-likeness (QED) is 0.726. The molecule has 2 aromatic carbocycles. The summed E-state index contributed by atoms with van der Waals surface area (Å²) in [6.45, 7) is 0. The molecular formula is C19H16FN3O3S. The number of aromatic nitrogens is 2. The van der Waals surface area contributed by atoms with Crippen LogP contribution >= 0.6 is 0 Å². The summed E-state index contributed by atoms with van der Waals surface area (Å²) >= 11 is 0. The third-order valence-electron chi connectivity index (χ3n) is 3.88. The minimum absolute atomic E-state index is 0.124. The van der Waals surface area contributed by atoms with E-state index < -0.39 is 15.7 Å². The average Bonchev–Trinajstić information content (AvgIpc) is 2.61. The molecule has 0 atom stereocenters. The Morgan fingerprint density at radius 2 is 1.63 bits per heavy atom. The number of carbonyl (C=O) groups excluding carboxylic acids is 1. The van der Waals surface area contributed by atoms with Crippen LogP contribution in [-0.2, 0) is 21.1 Å². The zero-order valence-corrected chi connectivity index (χ0v) is 15.2. The molecular weight excluding hydrogens is 369 g/mol. The van der Waals surface area contributed by atoms with Gasteiger partial charge in [0.2, 0.25) is 5.91 Å². The first-order valence-corrected chi connectivity index (χ1v) is 9.84. The van der Waals surface area contributed by atoms with Crippen molar-refractivity contribution in [3.8, 4) is 22.4 Å². The Balaban J connectivity index is 2.13. The molecule has 1 heterocycles. The van der Waals surface area contributed by atoms with Gasteiger partial charge in [0.1, 0.15) is 11.6 Å². The molecule has 0 fully saturated rings. The van der Waals surface area contributed by atoms with E-state index in [-0.39, 0.29) is 23.0 Å². The van der Waals surface area contributed by atoms with Crippen LogP contribution in [0.15, 0.2) is 59.6 Å². The van der Waals surface area contributed by atoms with Gasteiger partial charge in [-0.2, -0.15) is 0 Å². The van der Waals surface area contributed by atoms with Crippen molar-refractivity contribution in [3.05, 3.63) is 66.4 Å². The highest BCUT2D eigenvalue weighted by Gasteiger charge is 2.14. The Hall–Kier alpha value is -3.13. The molecule has 3 aromatic rings. The third-order valence-corrected chi connectivity index (χ3v) is 5.01. The second-order valence-corrected chi connectivity index (χ2v) is 8.01. The highest BCUT2D eigenvalue weighted by molar-refractivity contribution is 7.90. The molecule has 2 N–H and O–H groups in total.